The van der Waals surface area contributed by atoms with Gasteiger partial charge in [-0.1, -0.05) is 13.8 Å². The molecule has 2 heterocycles. The molecule has 0 aromatic heterocycles. The minimum absolute atomic E-state index is 0.271. The highest BCUT2D eigenvalue weighted by molar-refractivity contribution is 5.79. The molecule has 3 heteroatoms. The van der Waals surface area contributed by atoms with Crippen molar-refractivity contribution in [1.29, 1.82) is 0 Å². The van der Waals surface area contributed by atoms with Crippen LogP contribution in [0.4, 0.5) is 0 Å². The molecule has 2 aliphatic rings. The van der Waals surface area contributed by atoms with Gasteiger partial charge in [0, 0.05) is 25.0 Å². The zero-order valence-corrected chi connectivity index (χ0v) is 11.5. The van der Waals surface area contributed by atoms with Gasteiger partial charge in [0.1, 0.15) is 0 Å². The first-order valence-corrected chi connectivity index (χ1v) is 7.00. The molecule has 1 amide bonds. The standard InChI is InChI=1S/C14H26N2O/c1-11-10-12(4-7-15-11)13(17)16-8-5-14(2,3)6-9-16/h11-12,15H,4-10H2,1-3H3. The molecule has 0 aliphatic carbocycles. The summed E-state index contributed by atoms with van der Waals surface area (Å²) in [6.45, 7) is 9.72. The van der Waals surface area contributed by atoms with Crippen LogP contribution in [0.25, 0.3) is 0 Å². The van der Waals surface area contributed by atoms with E-state index in [1.165, 1.54) is 0 Å². The van der Waals surface area contributed by atoms with E-state index in [1.54, 1.807) is 0 Å². The topological polar surface area (TPSA) is 32.3 Å². The average Bonchev–Trinajstić information content (AvgIpc) is 2.28. The third kappa shape index (κ3) is 3.21. The number of piperidine rings is 2. The maximum Gasteiger partial charge on any atom is 0.225 e. The van der Waals surface area contributed by atoms with Gasteiger partial charge in [-0.05, 0) is 44.6 Å². The third-order valence-corrected chi connectivity index (χ3v) is 4.40. The smallest absolute Gasteiger partial charge is 0.225 e. The summed E-state index contributed by atoms with van der Waals surface area (Å²) in [6.07, 6.45) is 4.33. The van der Waals surface area contributed by atoms with Crippen LogP contribution in [-0.2, 0) is 4.79 Å². The molecule has 0 aromatic carbocycles. The number of nitrogens with zero attached hydrogens (tertiary/aromatic N) is 1. The Morgan fingerprint density at radius 1 is 1.29 bits per heavy atom. The molecule has 2 fully saturated rings. The maximum atomic E-state index is 12.4. The predicted octanol–water partition coefficient (Wildman–Crippen LogP) is 2.02. The molecule has 0 bridgehead atoms. The van der Waals surface area contributed by atoms with Crippen molar-refractivity contribution >= 4 is 5.91 Å². The summed E-state index contributed by atoms with van der Waals surface area (Å²) in [5.74, 6) is 0.682. The van der Waals surface area contributed by atoms with Gasteiger partial charge >= 0.3 is 0 Å². The van der Waals surface area contributed by atoms with Crippen LogP contribution in [-0.4, -0.2) is 36.5 Å². The summed E-state index contributed by atoms with van der Waals surface area (Å²) in [5, 5.41) is 3.41. The quantitative estimate of drug-likeness (QED) is 0.758. The zero-order chi connectivity index (χ0) is 12.5. The van der Waals surface area contributed by atoms with Crippen LogP contribution in [0, 0.1) is 11.3 Å². The van der Waals surface area contributed by atoms with E-state index in [1.807, 2.05) is 0 Å². The van der Waals surface area contributed by atoms with Crippen molar-refractivity contribution in [3.8, 4) is 0 Å². The van der Waals surface area contributed by atoms with Crippen molar-refractivity contribution in [3.63, 3.8) is 0 Å². The highest BCUT2D eigenvalue weighted by atomic mass is 16.2. The van der Waals surface area contributed by atoms with Crippen LogP contribution in [0.1, 0.15) is 46.5 Å². The minimum Gasteiger partial charge on any atom is -0.342 e. The van der Waals surface area contributed by atoms with Crippen LogP contribution < -0.4 is 5.32 Å². The number of rotatable bonds is 1. The number of likely N-dealkylation sites (tertiary alicyclic amines) is 1. The second kappa shape index (κ2) is 4.97. The lowest BCUT2D eigenvalue weighted by atomic mass is 9.82. The van der Waals surface area contributed by atoms with Gasteiger partial charge in [0.2, 0.25) is 5.91 Å². The van der Waals surface area contributed by atoms with E-state index in [-0.39, 0.29) is 5.92 Å². The van der Waals surface area contributed by atoms with Crippen molar-refractivity contribution in [2.45, 2.75) is 52.5 Å². The van der Waals surface area contributed by atoms with Crippen molar-refractivity contribution < 1.29 is 4.79 Å². The number of nitrogens with one attached hydrogen (secondary N) is 1. The van der Waals surface area contributed by atoms with Crippen LogP contribution in [0.3, 0.4) is 0 Å². The third-order valence-electron chi connectivity index (χ3n) is 4.40. The SMILES string of the molecule is CC1CC(C(=O)N2CCC(C)(C)CC2)CCN1. The summed E-state index contributed by atoms with van der Waals surface area (Å²) in [7, 11) is 0. The summed E-state index contributed by atoms with van der Waals surface area (Å²) in [5.41, 5.74) is 0.429. The normalized spacial score (nSPS) is 33.5. The lowest BCUT2D eigenvalue weighted by molar-refractivity contribution is -0.138. The van der Waals surface area contributed by atoms with Crippen molar-refractivity contribution in [1.82, 2.24) is 10.2 Å². The molecular weight excluding hydrogens is 212 g/mol. The highest BCUT2D eigenvalue weighted by Gasteiger charge is 2.32. The zero-order valence-electron chi connectivity index (χ0n) is 11.5. The number of hydrogen-bond donors (Lipinski definition) is 1. The molecule has 2 saturated heterocycles. The first-order chi connectivity index (χ1) is 7.98. The van der Waals surface area contributed by atoms with Crippen LogP contribution in [0.5, 0.6) is 0 Å². The minimum atomic E-state index is 0.271. The van der Waals surface area contributed by atoms with Crippen molar-refractivity contribution in [2.24, 2.45) is 11.3 Å². The van der Waals surface area contributed by atoms with Gasteiger partial charge in [0.25, 0.3) is 0 Å². The lowest BCUT2D eigenvalue weighted by Crippen LogP contribution is -2.47. The van der Waals surface area contributed by atoms with Crippen LogP contribution in [0.2, 0.25) is 0 Å². The van der Waals surface area contributed by atoms with Gasteiger partial charge in [-0.25, -0.2) is 0 Å². The molecule has 3 nitrogen and oxygen atoms in total. The maximum absolute atomic E-state index is 12.4. The molecule has 2 rings (SSSR count). The molecule has 0 saturated carbocycles. The van der Waals surface area contributed by atoms with Gasteiger partial charge in [-0.15, -0.1) is 0 Å². The van der Waals surface area contributed by atoms with E-state index in [0.717, 1.165) is 45.3 Å². The fourth-order valence-electron chi connectivity index (χ4n) is 2.95. The summed E-state index contributed by atoms with van der Waals surface area (Å²) >= 11 is 0. The molecule has 2 unspecified atom stereocenters. The summed E-state index contributed by atoms with van der Waals surface area (Å²) in [4.78, 5) is 14.5. The Bertz CT molecular complexity index is 278. The molecular formula is C14H26N2O. The molecule has 2 atom stereocenters. The van der Waals surface area contributed by atoms with Gasteiger partial charge in [0.15, 0.2) is 0 Å². The number of carbonyl (C=O) groups is 1. The Morgan fingerprint density at radius 2 is 1.94 bits per heavy atom. The molecule has 98 valence electrons. The molecule has 2 aliphatic heterocycles. The van der Waals surface area contributed by atoms with E-state index in [2.05, 4.69) is 31.0 Å². The fourth-order valence-corrected chi connectivity index (χ4v) is 2.95. The van der Waals surface area contributed by atoms with Gasteiger partial charge in [0.05, 0.1) is 0 Å². The Balaban J connectivity index is 1.88. The Kier molecular flexibility index (Phi) is 3.76. The molecule has 1 N–H and O–H groups in total. The van der Waals surface area contributed by atoms with Crippen LogP contribution in [0.15, 0.2) is 0 Å². The van der Waals surface area contributed by atoms with Gasteiger partial charge in [-0.3, -0.25) is 4.79 Å². The summed E-state index contributed by atoms with van der Waals surface area (Å²) < 4.78 is 0. The number of carbonyl (C=O) groups excluding carboxylic acids is 1. The largest absolute Gasteiger partial charge is 0.342 e. The van der Waals surface area contributed by atoms with Crippen molar-refractivity contribution in [3.05, 3.63) is 0 Å². The number of amides is 1. The predicted molar refractivity (Wildman–Crippen MR) is 69.8 cm³/mol. The highest BCUT2D eigenvalue weighted by Crippen LogP contribution is 2.31. The number of hydrogen-bond acceptors (Lipinski definition) is 2. The molecule has 0 spiro atoms. The fraction of sp³-hybridized carbons (Fsp3) is 0.929. The van der Waals surface area contributed by atoms with E-state index >= 15 is 0 Å². The molecule has 0 radical (unpaired) electrons. The van der Waals surface area contributed by atoms with Gasteiger partial charge in [-0.2, -0.15) is 0 Å². The first-order valence-electron chi connectivity index (χ1n) is 7.00. The van der Waals surface area contributed by atoms with E-state index in [4.69, 9.17) is 0 Å². The Hall–Kier alpha value is -0.570. The van der Waals surface area contributed by atoms with E-state index in [0.29, 0.717) is 17.4 Å². The van der Waals surface area contributed by atoms with Crippen LogP contribution >= 0.6 is 0 Å². The van der Waals surface area contributed by atoms with E-state index < -0.39 is 0 Å². The first kappa shape index (κ1) is 12.9. The average molecular weight is 238 g/mol. The molecule has 0 aromatic rings. The van der Waals surface area contributed by atoms with Gasteiger partial charge < -0.3 is 10.2 Å². The molecule has 17 heavy (non-hydrogen) atoms. The monoisotopic (exact) mass is 238 g/mol. The Labute approximate surface area is 105 Å². The summed E-state index contributed by atoms with van der Waals surface area (Å²) in [6, 6.07) is 0.499. The Morgan fingerprint density at radius 3 is 2.53 bits per heavy atom. The van der Waals surface area contributed by atoms with E-state index in [9.17, 15) is 4.79 Å². The second-order valence-electron chi connectivity index (χ2n) is 6.57. The lowest BCUT2D eigenvalue weighted by Gasteiger charge is -2.39. The van der Waals surface area contributed by atoms with Crippen molar-refractivity contribution in [2.75, 3.05) is 19.6 Å². The second-order valence-corrected chi connectivity index (χ2v) is 6.57.